The molecule has 0 atom stereocenters. The SMILES string of the molecule is CC1CCC(NCCc2ncc[nH]2)CC1. The normalized spacial score (nSPS) is 26.7. The molecule has 0 aliphatic heterocycles. The quantitative estimate of drug-likeness (QED) is 0.794. The molecule has 2 N–H and O–H groups in total. The summed E-state index contributed by atoms with van der Waals surface area (Å²) in [5.74, 6) is 2.03. The topological polar surface area (TPSA) is 40.7 Å². The molecule has 0 amide bonds. The lowest BCUT2D eigenvalue weighted by molar-refractivity contribution is 0.308. The predicted molar refractivity (Wildman–Crippen MR) is 61.7 cm³/mol. The van der Waals surface area contributed by atoms with E-state index in [0.29, 0.717) is 0 Å². The third kappa shape index (κ3) is 3.34. The number of nitrogens with zero attached hydrogens (tertiary/aromatic N) is 1. The lowest BCUT2D eigenvalue weighted by atomic mass is 9.87. The number of hydrogen-bond acceptors (Lipinski definition) is 2. The summed E-state index contributed by atoms with van der Waals surface area (Å²) < 4.78 is 0. The van der Waals surface area contributed by atoms with Crippen molar-refractivity contribution in [2.75, 3.05) is 6.54 Å². The van der Waals surface area contributed by atoms with Gasteiger partial charge in [-0.3, -0.25) is 0 Å². The van der Waals surface area contributed by atoms with Crippen LogP contribution in [-0.2, 0) is 6.42 Å². The Hall–Kier alpha value is -0.830. The Morgan fingerprint density at radius 2 is 2.20 bits per heavy atom. The summed E-state index contributed by atoms with van der Waals surface area (Å²) in [6.07, 6.45) is 10.2. The average Bonchev–Trinajstić information content (AvgIpc) is 2.74. The van der Waals surface area contributed by atoms with Gasteiger partial charge in [0.05, 0.1) is 0 Å². The maximum Gasteiger partial charge on any atom is 0.107 e. The first-order valence-corrected chi connectivity index (χ1v) is 6.06. The Morgan fingerprint density at radius 1 is 1.40 bits per heavy atom. The smallest absolute Gasteiger partial charge is 0.107 e. The molecule has 2 rings (SSSR count). The van der Waals surface area contributed by atoms with Gasteiger partial charge in [-0.15, -0.1) is 0 Å². The third-order valence-electron chi connectivity index (χ3n) is 3.37. The van der Waals surface area contributed by atoms with Crippen LogP contribution in [0.25, 0.3) is 0 Å². The first-order valence-electron chi connectivity index (χ1n) is 6.06. The van der Waals surface area contributed by atoms with Crippen LogP contribution in [0.2, 0.25) is 0 Å². The van der Waals surface area contributed by atoms with Gasteiger partial charge in [0.1, 0.15) is 5.82 Å². The molecule has 0 bridgehead atoms. The molecule has 0 unspecified atom stereocenters. The average molecular weight is 207 g/mol. The van der Waals surface area contributed by atoms with Crippen LogP contribution in [0, 0.1) is 5.92 Å². The molecule has 1 heterocycles. The number of aromatic nitrogens is 2. The minimum absolute atomic E-state index is 0.746. The molecule has 0 aromatic carbocycles. The molecule has 1 saturated carbocycles. The van der Waals surface area contributed by atoms with Crippen molar-refractivity contribution >= 4 is 0 Å². The highest BCUT2D eigenvalue weighted by Gasteiger charge is 2.17. The van der Waals surface area contributed by atoms with E-state index in [1.165, 1.54) is 25.7 Å². The maximum atomic E-state index is 4.22. The number of hydrogen-bond donors (Lipinski definition) is 2. The summed E-state index contributed by atoms with van der Waals surface area (Å²) in [5.41, 5.74) is 0. The molecule has 0 saturated heterocycles. The van der Waals surface area contributed by atoms with Crippen LogP contribution >= 0.6 is 0 Å². The van der Waals surface area contributed by atoms with E-state index in [1.807, 2.05) is 12.4 Å². The Bertz CT molecular complexity index is 260. The van der Waals surface area contributed by atoms with E-state index in [-0.39, 0.29) is 0 Å². The molecule has 1 aliphatic carbocycles. The Labute approximate surface area is 91.7 Å². The van der Waals surface area contributed by atoms with Crippen molar-refractivity contribution in [2.45, 2.75) is 45.1 Å². The summed E-state index contributed by atoms with van der Waals surface area (Å²) in [6.45, 7) is 3.41. The molecule has 3 nitrogen and oxygen atoms in total. The number of rotatable bonds is 4. The van der Waals surface area contributed by atoms with Gasteiger partial charge < -0.3 is 10.3 Å². The highest BCUT2D eigenvalue weighted by Crippen LogP contribution is 2.23. The van der Waals surface area contributed by atoms with Crippen molar-refractivity contribution in [3.05, 3.63) is 18.2 Å². The summed E-state index contributed by atoms with van der Waals surface area (Å²) in [4.78, 5) is 7.35. The first-order chi connectivity index (χ1) is 7.34. The Balaban J connectivity index is 1.62. The molecule has 1 aromatic heterocycles. The second-order valence-corrected chi connectivity index (χ2v) is 4.70. The molecule has 0 spiro atoms. The van der Waals surface area contributed by atoms with Crippen LogP contribution in [-0.4, -0.2) is 22.6 Å². The standard InChI is InChI=1S/C12H21N3/c1-10-2-4-11(5-3-10)13-7-6-12-14-8-9-15-12/h8-11,13H,2-7H2,1H3,(H,14,15). The van der Waals surface area contributed by atoms with Gasteiger partial charge in [0.25, 0.3) is 0 Å². The predicted octanol–water partition coefficient (Wildman–Crippen LogP) is 2.12. The van der Waals surface area contributed by atoms with Gasteiger partial charge in [0.15, 0.2) is 0 Å². The molecule has 1 fully saturated rings. The van der Waals surface area contributed by atoms with Gasteiger partial charge in [-0.1, -0.05) is 6.92 Å². The Morgan fingerprint density at radius 3 is 2.87 bits per heavy atom. The summed E-state index contributed by atoms with van der Waals surface area (Å²) in [5, 5.41) is 3.62. The molecule has 1 aromatic rings. The summed E-state index contributed by atoms with van der Waals surface area (Å²) >= 11 is 0. The highest BCUT2D eigenvalue weighted by molar-refractivity contribution is 4.88. The van der Waals surface area contributed by atoms with E-state index in [2.05, 4.69) is 22.2 Å². The van der Waals surface area contributed by atoms with E-state index >= 15 is 0 Å². The van der Waals surface area contributed by atoms with Crippen molar-refractivity contribution in [1.29, 1.82) is 0 Å². The van der Waals surface area contributed by atoms with Crippen molar-refractivity contribution in [2.24, 2.45) is 5.92 Å². The van der Waals surface area contributed by atoms with E-state index in [9.17, 15) is 0 Å². The van der Waals surface area contributed by atoms with Gasteiger partial charge in [-0.25, -0.2) is 4.98 Å². The number of aromatic amines is 1. The van der Waals surface area contributed by atoms with Crippen molar-refractivity contribution < 1.29 is 0 Å². The van der Waals surface area contributed by atoms with Gasteiger partial charge in [0.2, 0.25) is 0 Å². The van der Waals surface area contributed by atoms with E-state index in [4.69, 9.17) is 0 Å². The fourth-order valence-corrected chi connectivity index (χ4v) is 2.29. The molecular weight excluding hydrogens is 186 g/mol. The minimum atomic E-state index is 0.746. The van der Waals surface area contributed by atoms with Gasteiger partial charge in [0, 0.05) is 31.4 Å². The van der Waals surface area contributed by atoms with Crippen LogP contribution in [0.4, 0.5) is 0 Å². The van der Waals surface area contributed by atoms with Crippen molar-refractivity contribution in [1.82, 2.24) is 15.3 Å². The second kappa shape index (κ2) is 5.31. The maximum absolute atomic E-state index is 4.22. The van der Waals surface area contributed by atoms with Gasteiger partial charge in [-0.2, -0.15) is 0 Å². The van der Waals surface area contributed by atoms with Crippen LogP contribution in [0.3, 0.4) is 0 Å². The van der Waals surface area contributed by atoms with Gasteiger partial charge in [-0.05, 0) is 31.6 Å². The van der Waals surface area contributed by atoms with Gasteiger partial charge >= 0.3 is 0 Å². The minimum Gasteiger partial charge on any atom is -0.349 e. The fourth-order valence-electron chi connectivity index (χ4n) is 2.29. The van der Waals surface area contributed by atoms with Crippen LogP contribution in [0.5, 0.6) is 0 Å². The zero-order valence-electron chi connectivity index (χ0n) is 9.50. The zero-order chi connectivity index (χ0) is 10.5. The van der Waals surface area contributed by atoms with E-state index in [1.54, 1.807) is 0 Å². The fraction of sp³-hybridized carbons (Fsp3) is 0.750. The summed E-state index contributed by atoms with van der Waals surface area (Å²) in [7, 11) is 0. The molecule has 15 heavy (non-hydrogen) atoms. The first kappa shape index (κ1) is 10.7. The van der Waals surface area contributed by atoms with E-state index < -0.39 is 0 Å². The summed E-state index contributed by atoms with van der Waals surface area (Å²) in [6, 6.07) is 0.746. The van der Waals surface area contributed by atoms with Crippen LogP contribution < -0.4 is 5.32 Å². The molecule has 0 radical (unpaired) electrons. The number of nitrogens with one attached hydrogen (secondary N) is 2. The van der Waals surface area contributed by atoms with Crippen molar-refractivity contribution in [3.63, 3.8) is 0 Å². The largest absolute Gasteiger partial charge is 0.349 e. The lowest BCUT2D eigenvalue weighted by Crippen LogP contribution is -2.34. The highest BCUT2D eigenvalue weighted by atomic mass is 14.9. The second-order valence-electron chi connectivity index (χ2n) is 4.70. The molecule has 1 aliphatic rings. The molecular formula is C12H21N3. The van der Waals surface area contributed by atoms with Crippen molar-refractivity contribution in [3.8, 4) is 0 Å². The number of H-pyrrole nitrogens is 1. The number of imidazole rings is 1. The lowest BCUT2D eigenvalue weighted by Gasteiger charge is -2.26. The zero-order valence-corrected chi connectivity index (χ0v) is 9.50. The molecule has 3 heteroatoms. The van der Waals surface area contributed by atoms with Crippen LogP contribution in [0.1, 0.15) is 38.4 Å². The van der Waals surface area contributed by atoms with Crippen LogP contribution in [0.15, 0.2) is 12.4 Å². The molecule has 84 valence electrons. The monoisotopic (exact) mass is 207 g/mol. The Kier molecular flexibility index (Phi) is 3.78. The van der Waals surface area contributed by atoms with E-state index in [0.717, 1.165) is 30.7 Å². The third-order valence-corrected chi connectivity index (χ3v) is 3.37.